The van der Waals surface area contributed by atoms with Crippen LogP contribution in [-0.2, 0) is 11.3 Å². The Balaban J connectivity index is 2.64. The van der Waals surface area contributed by atoms with E-state index < -0.39 is 5.97 Å². The van der Waals surface area contributed by atoms with Gasteiger partial charge in [-0.25, -0.2) is 0 Å². The van der Waals surface area contributed by atoms with Crippen molar-refractivity contribution in [2.45, 2.75) is 13.5 Å². The van der Waals surface area contributed by atoms with Gasteiger partial charge in [0.2, 0.25) is 0 Å². The molecule has 4 heteroatoms. The summed E-state index contributed by atoms with van der Waals surface area (Å²) in [5, 5.41) is 9.33. The van der Waals surface area contributed by atoms with Crippen molar-refractivity contribution in [2.75, 3.05) is 13.6 Å². The van der Waals surface area contributed by atoms with Crippen molar-refractivity contribution >= 4 is 17.6 Å². The van der Waals surface area contributed by atoms with Crippen LogP contribution in [0.1, 0.15) is 11.1 Å². The predicted molar refractivity (Wildman–Crippen MR) is 60.2 cm³/mol. The molecule has 0 heterocycles. The smallest absolute Gasteiger partial charge is 0.317 e. The molecule has 0 saturated carbocycles. The van der Waals surface area contributed by atoms with Gasteiger partial charge in [-0.3, -0.25) is 9.69 Å². The van der Waals surface area contributed by atoms with Gasteiger partial charge in [-0.1, -0.05) is 23.7 Å². The number of halogens is 1. The highest BCUT2D eigenvalue weighted by molar-refractivity contribution is 6.31. The molecule has 0 aromatic heterocycles. The van der Waals surface area contributed by atoms with Gasteiger partial charge in [-0.05, 0) is 31.2 Å². The van der Waals surface area contributed by atoms with Crippen molar-refractivity contribution in [1.29, 1.82) is 0 Å². The zero-order valence-corrected chi connectivity index (χ0v) is 9.58. The molecule has 82 valence electrons. The van der Waals surface area contributed by atoms with Crippen molar-refractivity contribution in [1.82, 2.24) is 4.90 Å². The van der Waals surface area contributed by atoms with Gasteiger partial charge in [0.15, 0.2) is 0 Å². The molecule has 3 nitrogen and oxygen atoms in total. The molecule has 0 aliphatic rings. The van der Waals surface area contributed by atoms with Crippen molar-refractivity contribution in [3.8, 4) is 0 Å². The highest BCUT2D eigenvalue weighted by Gasteiger charge is 2.05. The number of carbonyl (C=O) groups is 1. The minimum Gasteiger partial charge on any atom is -0.480 e. The maximum atomic E-state index is 10.5. The van der Waals surface area contributed by atoms with E-state index in [4.69, 9.17) is 16.7 Å². The van der Waals surface area contributed by atoms with Crippen LogP contribution in [0.25, 0.3) is 0 Å². The summed E-state index contributed by atoms with van der Waals surface area (Å²) in [5.74, 6) is -0.816. The van der Waals surface area contributed by atoms with E-state index in [9.17, 15) is 4.79 Å². The minimum atomic E-state index is -0.816. The van der Waals surface area contributed by atoms with Gasteiger partial charge in [-0.2, -0.15) is 0 Å². The quantitative estimate of drug-likeness (QED) is 0.857. The van der Waals surface area contributed by atoms with Crippen LogP contribution in [0.3, 0.4) is 0 Å². The molecule has 0 aliphatic carbocycles. The third-order valence-corrected chi connectivity index (χ3v) is 2.50. The molecule has 0 amide bonds. The van der Waals surface area contributed by atoms with E-state index in [0.29, 0.717) is 6.54 Å². The van der Waals surface area contributed by atoms with E-state index in [1.165, 1.54) is 0 Å². The molecule has 1 rings (SSSR count). The van der Waals surface area contributed by atoms with Crippen molar-refractivity contribution < 1.29 is 9.90 Å². The lowest BCUT2D eigenvalue weighted by atomic mass is 10.1. The van der Waals surface area contributed by atoms with Crippen LogP contribution in [0.15, 0.2) is 18.2 Å². The normalized spacial score (nSPS) is 10.7. The average molecular weight is 228 g/mol. The van der Waals surface area contributed by atoms with E-state index >= 15 is 0 Å². The van der Waals surface area contributed by atoms with E-state index in [0.717, 1.165) is 16.1 Å². The molecule has 0 spiro atoms. The number of hydrogen-bond acceptors (Lipinski definition) is 2. The second-order valence-corrected chi connectivity index (χ2v) is 4.06. The SMILES string of the molecule is Cc1cc(CN(C)CC(=O)O)ccc1Cl. The zero-order chi connectivity index (χ0) is 11.4. The lowest BCUT2D eigenvalue weighted by Crippen LogP contribution is -2.25. The first kappa shape index (κ1) is 12.0. The highest BCUT2D eigenvalue weighted by atomic mass is 35.5. The van der Waals surface area contributed by atoms with Gasteiger partial charge in [0.1, 0.15) is 0 Å². The number of hydrogen-bond donors (Lipinski definition) is 1. The Bertz CT molecular complexity index is 366. The molecule has 0 unspecified atom stereocenters. The monoisotopic (exact) mass is 227 g/mol. The van der Waals surface area contributed by atoms with Crippen molar-refractivity contribution in [2.24, 2.45) is 0 Å². The Morgan fingerprint density at radius 2 is 2.20 bits per heavy atom. The standard InChI is InChI=1S/C11H14ClNO2/c1-8-5-9(3-4-10(8)12)6-13(2)7-11(14)15/h3-5H,6-7H2,1-2H3,(H,14,15). The van der Waals surface area contributed by atoms with Crippen molar-refractivity contribution in [3.63, 3.8) is 0 Å². The van der Waals surface area contributed by atoms with Crippen LogP contribution >= 0.6 is 11.6 Å². The molecule has 15 heavy (non-hydrogen) atoms. The van der Waals surface area contributed by atoms with Crippen LogP contribution < -0.4 is 0 Å². The molecule has 0 saturated heterocycles. The van der Waals surface area contributed by atoms with Crippen LogP contribution in [-0.4, -0.2) is 29.6 Å². The van der Waals surface area contributed by atoms with E-state index in [1.54, 1.807) is 11.9 Å². The number of aryl methyl sites for hydroxylation is 1. The van der Waals surface area contributed by atoms with Gasteiger partial charge in [0.25, 0.3) is 0 Å². The van der Waals surface area contributed by atoms with Gasteiger partial charge >= 0.3 is 5.97 Å². The van der Waals surface area contributed by atoms with Crippen LogP contribution in [0, 0.1) is 6.92 Å². The van der Waals surface area contributed by atoms with Gasteiger partial charge in [0.05, 0.1) is 6.54 Å². The van der Waals surface area contributed by atoms with E-state index in [2.05, 4.69) is 0 Å². The summed E-state index contributed by atoms with van der Waals surface area (Å²) < 4.78 is 0. The fourth-order valence-electron chi connectivity index (χ4n) is 1.40. The number of nitrogens with zero attached hydrogens (tertiary/aromatic N) is 1. The third-order valence-electron chi connectivity index (χ3n) is 2.08. The summed E-state index contributed by atoms with van der Waals surface area (Å²) in [5.41, 5.74) is 2.08. The molecule has 0 aliphatic heterocycles. The van der Waals surface area contributed by atoms with E-state index in [1.807, 2.05) is 25.1 Å². The molecule has 0 bridgehead atoms. The molecule has 0 fully saturated rings. The summed E-state index contributed by atoms with van der Waals surface area (Å²) in [7, 11) is 1.78. The highest BCUT2D eigenvalue weighted by Crippen LogP contribution is 2.16. The Morgan fingerprint density at radius 1 is 1.53 bits per heavy atom. The number of likely N-dealkylation sites (N-methyl/N-ethyl adjacent to an activating group) is 1. The lowest BCUT2D eigenvalue weighted by Gasteiger charge is -2.14. The largest absolute Gasteiger partial charge is 0.480 e. The summed E-state index contributed by atoms with van der Waals surface area (Å²) in [6.45, 7) is 2.59. The third kappa shape index (κ3) is 3.90. The van der Waals surface area contributed by atoms with Crippen molar-refractivity contribution in [3.05, 3.63) is 34.3 Å². The Hall–Kier alpha value is -1.06. The molecule has 0 atom stereocenters. The fourth-order valence-corrected chi connectivity index (χ4v) is 1.52. The molecule has 1 aromatic rings. The Labute approximate surface area is 94.3 Å². The fraction of sp³-hybridized carbons (Fsp3) is 0.364. The molecule has 1 N–H and O–H groups in total. The first-order valence-electron chi connectivity index (χ1n) is 4.64. The summed E-state index contributed by atoms with van der Waals surface area (Å²) in [6.07, 6.45) is 0. The summed E-state index contributed by atoms with van der Waals surface area (Å²) in [4.78, 5) is 12.2. The number of carboxylic acid groups (broad SMARTS) is 1. The number of benzene rings is 1. The topological polar surface area (TPSA) is 40.5 Å². The van der Waals surface area contributed by atoms with Gasteiger partial charge in [0, 0.05) is 11.6 Å². The van der Waals surface area contributed by atoms with Gasteiger partial charge < -0.3 is 5.11 Å². The summed E-state index contributed by atoms with van der Waals surface area (Å²) >= 11 is 5.89. The van der Waals surface area contributed by atoms with Gasteiger partial charge in [-0.15, -0.1) is 0 Å². The number of carboxylic acids is 1. The second kappa shape index (κ2) is 5.14. The average Bonchev–Trinajstić information content (AvgIpc) is 2.10. The number of aliphatic carboxylic acids is 1. The second-order valence-electron chi connectivity index (χ2n) is 3.65. The lowest BCUT2D eigenvalue weighted by molar-refractivity contribution is -0.138. The Morgan fingerprint density at radius 3 is 2.73 bits per heavy atom. The first-order chi connectivity index (χ1) is 6.99. The molecule has 0 radical (unpaired) electrons. The van der Waals surface area contributed by atoms with Crippen LogP contribution in [0.4, 0.5) is 0 Å². The molecular weight excluding hydrogens is 214 g/mol. The minimum absolute atomic E-state index is 0.0433. The van der Waals surface area contributed by atoms with Crippen LogP contribution in [0.5, 0.6) is 0 Å². The summed E-state index contributed by atoms with van der Waals surface area (Å²) in [6, 6.07) is 5.72. The molecule has 1 aromatic carbocycles. The first-order valence-corrected chi connectivity index (χ1v) is 5.02. The Kier molecular flexibility index (Phi) is 4.12. The van der Waals surface area contributed by atoms with E-state index in [-0.39, 0.29) is 6.54 Å². The molecular formula is C11H14ClNO2. The zero-order valence-electron chi connectivity index (χ0n) is 8.83. The number of rotatable bonds is 4. The maximum absolute atomic E-state index is 10.5. The predicted octanol–water partition coefficient (Wildman–Crippen LogP) is 2.16. The maximum Gasteiger partial charge on any atom is 0.317 e. The van der Waals surface area contributed by atoms with Crippen LogP contribution in [0.2, 0.25) is 5.02 Å².